The number of anilines is 1. The Bertz CT molecular complexity index is 540. The van der Waals surface area contributed by atoms with Gasteiger partial charge in [0.15, 0.2) is 6.61 Å². The van der Waals surface area contributed by atoms with Gasteiger partial charge in [-0.1, -0.05) is 44.7 Å². The number of ketones is 1. The van der Waals surface area contributed by atoms with Gasteiger partial charge in [0.2, 0.25) is 11.7 Å². The second-order valence-electron chi connectivity index (χ2n) is 5.46. The molecular formula is C18H25NO4. The van der Waals surface area contributed by atoms with Crippen molar-refractivity contribution in [3.63, 3.8) is 0 Å². The summed E-state index contributed by atoms with van der Waals surface area (Å²) in [6.45, 7) is 3.08. The average molecular weight is 319 g/mol. The Kier molecular flexibility index (Phi) is 8.65. The number of ether oxygens (including phenoxy) is 1. The third-order valence-corrected chi connectivity index (χ3v) is 3.42. The lowest BCUT2D eigenvalue weighted by molar-refractivity contribution is -0.139. The monoisotopic (exact) mass is 319 g/mol. The maximum atomic E-state index is 12.1. The number of carbonyl (C=O) groups excluding carboxylic acids is 3. The van der Waals surface area contributed by atoms with Crippen molar-refractivity contribution in [2.75, 3.05) is 11.9 Å². The van der Waals surface area contributed by atoms with Crippen LogP contribution in [0.1, 0.15) is 62.7 Å². The van der Waals surface area contributed by atoms with E-state index in [4.69, 9.17) is 4.74 Å². The fourth-order valence-corrected chi connectivity index (χ4v) is 2.18. The fourth-order valence-electron chi connectivity index (χ4n) is 2.18. The lowest BCUT2D eigenvalue weighted by atomic mass is 10.1. The van der Waals surface area contributed by atoms with Gasteiger partial charge in [-0.3, -0.25) is 14.4 Å². The molecule has 5 nitrogen and oxygen atoms in total. The fraction of sp³-hybridized carbons (Fsp3) is 0.500. The zero-order chi connectivity index (χ0) is 17.1. The van der Waals surface area contributed by atoms with E-state index in [1.54, 1.807) is 24.3 Å². The van der Waals surface area contributed by atoms with E-state index in [0.717, 1.165) is 19.3 Å². The van der Waals surface area contributed by atoms with Gasteiger partial charge in [-0.05, 0) is 18.6 Å². The molecule has 23 heavy (non-hydrogen) atoms. The highest BCUT2D eigenvalue weighted by Gasteiger charge is 2.14. The molecule has 1 amide bonds. The largest absolute Gasteiger partial charge is 0.457 e. The minimum atomic E-state index is -0.507. The van der Waals surface area contributed by atoms with Gasteiger partial charge >= 0.3 is 5.97 Å². The first-order valence-electron chi connectivity index (χ1n) is 8.10. The third kappa shape index (κ3) is 7.58. The highest BCUT2D eigenvalue weighted by Crippen LogP contribution is 2.17. The van der Waals surface area contributed by atoms with Crippen LogP contribution in [0.4, 0.5) is 5.69 Å². The Balaban J connectivity index is 2.54. The maximum Gasteiger partial charge on any atom is 0.303 e. The van der Waals surface area contributed by atoms with Crippen molar-refractivity contribution < 1.29 is 19.1 Å². The molecule has 0 aliphatic rings. The lowest BCUT2D eigenvalue weighted by Crippen LogP contribution is -2.17. The predicted molar refractivity (Wildman–Crippen MR) is 89.4 cm³/mol. The van der Waals surface area contributed by atoms with Gasteiger partial charge in [-0.15, -0.1) is 0 Å². The van der Waals surface area contributed by atoms with E-state index in [1.165, 1.54) is 19.8 Å². The predicted octanol–water partition coefficient (Wildman–Crippen LogP) is 3.73. The van der Waals surface area contributed by atoms with Gasteiger partial charge in [-0.25, -0.2) is 0 Å². The van der Waals surface area contributed by atoms with Crippen LogP contribution >= 0.6 is 0 Å². The summed E-state index contributed by atoms with van der Waals surface area (Å²) in [5.41, 5.74) is 0.816. The van der Waals surface area contributed by atoms with Gasteiger partial charge in [-0.2, -0.15) is 0 Å². The molecule has 1 aromatic rings. The molecule has 1 rings (SSSR count). The Morgan fingerprint density at radius 1 is 1.04 bits per heavy atom. The van der Waals surface area contributed by atoms with Crippen LogP contribution in [-0.2, 0) is 14.3 Å². The number of hydrogen-bond acceptors (Lipinski definition) is 4. The number of nitrogens with one attached hydrogen (secondary N) is 1. The van der Waals surface area contributed by atoms with Crippen molar-refractivity contribution in [2.45, 2.75) is 52.4 Å². The lowest BCUT2D eigenvalue weighted by Gasteiger charge is -2.10. The summed E-state index contributed by atoms with van der Waals surface area (Å²) in [5.74, 6) is -0.944. The number of para-hydroxylation sites is 1. The molecule has 0 saturated heterocycles. The molecule has 126 valence electrons. The molecule has 0 aliphatic carbocycles. The molecule has 0 fully saturated rings. The summed E-state index contributed by atoms with van der Waals surface area (Å²) >= 11 is 0. The second-order valence-corrected chi connectivity index (χ2v) is 5.46. The molecule has 0 aromatic heterocycles. The van der Waals surface area contributed by atoms with Crippen molar-refractivity contribution in [1.29, 1.82) is 0 Å². The third-order valence-electron chi connectivity index (χ3n) is 3.42. The molecule has 0 spiro atoms. The highest BCUT2D eigenvalue weighted by atomic mass is 16.5. The number of amides is 1. The number of esters is 1. The summed E-state index contributed by atoms with van der Waals surface area (Å²) in [7, 11) is 0. The number of rotatable bonds is 10. The van der Waals surface area contributed by atoms with Crippen LogP contribution in [0.25, 0.3) is 0 Å². The molecule has 1 N–H and O–H groups in total. The smallest absolute Gasteiger partial charge is 0.303 e. The van der Waals surface area contributed by atoms with Gasteiger partial charge in [0.1, 0.15) is 0 Å². The van der Waals surface area contributed by atoms with Crippen LogP contribution in [0.3, 0.4) is 0 Å². The van der Waals surface area contributed by atoms with Crippen LogP contribution in [0.5, 0.6) is 0 Å². The normalized spacial score (nSPS) is 10.2. The summed E-state index contributed by atoms with van der Waals surface area (Å²) in [5, 5.41) is 2.77. The number of hydrogen-bond donors (Lipinski definition) is 1. The van der Waals surface area contributed by atoms with Crippen LogP contribution < -0.4 is 5.32 Å². The van der Waals surface area contributed by atoms with E-state index >= 15 is 0 Å². The molecule has 1 aromatic carbocycles. The first-order valence-corrected chi connectivity index (χ1v) is 8.10. The van der Waals surface area contributed by atoms with E-state index < -0.39 is 5.97 Å². The first kappa shape index (κ1) is 18.9. The first-order chi connectivity index (χ1) is 11.0. The minimum Gasteiger partial charge on any atom is -0.457 e. The quantitative estimate of drug-likeness (QED) is 0.405. The molecule has 0 saturated carbocycles. The van der Waals surface area contributed by atoms with E-state index in [2.05, 4.69) is 12.2 Å². The molecule has 0 bridgehead atoms. The molecule has 0 radical (unpaired) electrons. The maximum absolute atomic E-state index is 12.1. The van der Waals surface area contributed by atoms with Crippen LogP contribution in [0.15, 0.2) is 24.3 Å². The summed E-state index contributed by atoms with van der Waals surface area (Å²) in [6.07, 6.45) is 5.82. The Labute approximate surface area is 137 Å². The second kappa shape index (κ2) is 10.5. The van der Waals surface area contributed by atoms with Crippen molar-refractivity contribution in [3.05, 3.63) is 29.8 Å². The van der Waals surface area contributed by atoms with Crippen LogP contribution in [-0.4, -0.2) is 24.3 Å². The Hall–Kier alpha value is -2.17. The summed E-state index contributed by atoms with van der Waals surface area (Å²) in [4.78, 5) is 34.8. The molecule has 0 heterocycles. The average Bonchev–Trinajstić information content (AvgIpc) is 2.53. The number of carbonyl (C=O) groups is 3. The number of Topliss-reactive ketones (excluding diaryl/α,β-unsaturated/α-hetero) is 1. The standard InChI is InChI=1S/C18H25NO4/c1-3-4-5-6-7-12-18(22)19-16-11-9-8-10-15(16)17(21)13-23-14(2)20/h8-11H,3-7,12-13H2,1-2H3,(H,19,22). The number of unbranched alkanes of at least 4 members (excludes halogenated alkanes) is 4. The molecule has 0 atom stereocenters. The summed E-state index contributed by atoms with van der Waals surface area (Å²) in [6, 6.07) is 6.75. The molecule has 0 aliphatic heterocycles. The minimum absolute atomic E-state index is 0.103. The van der Waals surface area contributed by atoms with Gasteiger partial charge in [0.25, 0.3) is 0 Å². The topological polar surface area (TPSA) is 72.5 Å². The molecule has 0 unspecified atom stereocenters. The highest BCUT2D eigenvalue weighted by molar-refractivity contribution is 6.05. The zero-order valence-electron chi connectivity index (χ0n) is 13.9. The van der Waals surface area contributed by atoms with Crippen LogP contribution in [0.2, 0.25) is 0 Å². The summed E-state index contributed by atoms with van der Waals surface area (Å²) < 4.78 is 4.72. The molecular weight excluding hydrogens is 294 g/mol. The van der Waals surface area contributed by atoms with Crippen molar-refractivity contribution in [3.8, 4) is 0 Å². The Morgan fingerprint density at radius 2 is 1.74 bits per heavy atom. The van der Waals surface area contributed by atoms with Crippen LogP contribution in [0, 0.1) is 0 Å². The van der Waals surface area contributed by atoms with E-state index in [1.807, 2.05) is 0 Å². The zero-order valence-corrected chi connectivity index (χ0v) is 13.9. The van der Waals surface area contributed by atoms with E-state index in [9.17, 15) is 14.4 Å². The van der Waals surface area contributed by atoms with Gasteiger partial charge in [0, 0.05) is 18.9 Å². The van der Waals surface area contributed by atoms with Crippen molar-refractivity contribution in [2.24, 2.45) is 0 Å². The van der Waals surface area contributed by atoms with Gasteiger partial charge < -0.3 is 10.1 Å². The van der Waals surface area contributed by atoms with E-state index in [-0.39, 0.29) is 18.3 Å². The van der Waals surface area contributed by atoms with Gasteiger partial charge in [0.05, 0.1) is 5.69 Å². The number of benzene rings is 1. The molecule has 5 heteroatoms. The van der Waals surface area contributed by atoms with Crippen molar-refractivity contribution >= 4 is 23.3 Å². The van der Waals surface area contributed by atoms with Crippen molar-refractivity contribution in [1.82, 2.24) is 0 Å². The Morgan fingerprint density at radius 3 is 2.43 bits per heavy atom. The van der Waals surface area contributed by atoms with E-state index in [0.29, 0.717) is 17.7 Å². The SMILES string of the molecule is CCCCCCCC(=O)Nc1ccccc1C(=O)COC(C)=O.